The Labute approximate surface area is 179 Å². The number of rotatable bonds is 5. The topological polar surface area (TPSA) is 79.4 Å². The van der Waals surface area contributed by atoms with Gasteiger partial charge in [0, 0.05) is 31.4 Å². The van der Waals surface area contributed by atoms with Gasteiger partial charge in [-0.25, -0.2) is 8.42 Å². The predicted molar refractivity (Wildman–Crippen MR) is 117 cm³/mol. The lowest BCUT2D eigenvalue weighted by molar-refractivity contribution is -0.126. The summed E-state index contributed by atoms with van der Waals surface area (Å²) in [6, 6.07) is 10.8. The van der Waals surface area contributed by atoms with E-state index in [1.54, 1.807) is 24.5 Å². The number of nitrogens with zero attached hydrogens (tertiary/aromatic N) is 2. The third-order valence-corrected chi connectivity index (χ3v) is 7.66. The van der Waals surface area contributed by atoms with E-state index in [4.69, 9.17) is 0 Å². The molecule has 0 bridgehead atoms. The van der Waals surface area contributed by atoms with Crippen LogP contribution in [0.15, 0.2) is 53.7 Å². The molecule has 0 radical (unpaired) electrons. The average Bonchev–Trinajstić information content (AvgIpc) is 2.74. The summed E-state index contributed by atoms with van der Waals surface area (Å²) in [4.78, 5) is 16.9. The van der Waals surface area contributed by atoms with Crippen LogP contribution in [0.3, 0.4) is 0 Å². The molecule has 1 saturated heterocycles. The van der Waals surface area contributed by atoms with E-state index < -0.39 is 10.0 Å². The minimum Gasteiger partial charge on any atom is -0.349 e. The van der Waals surface area contributed by atoms with Crippen molar-refractivity contribution in [1.29, 1.82) is 0 Å². The number of aromatic nitrogens is 1. The van der Waals surface area contributed by atoms with E-state index in [2.05, 4.69) is 31.1 Å². The van der Waals surface area contributed by atoms with Gasteiger partial charge < -0.3 is 5.32 Å². The number of nitrogens with one attached hydrogen (secondary N) is 1. The Kier molecular flexibility index (Phi) is 6.62. The van der Waals surface area contributed by atoms with Gasteiger partial charge in [0.15, 0.2) is 0 Å². The fraction of sp³-hybridized carbons (Fsp3) is 0.478. The smallest absolute Gasteiger partial charge is 0.243 e. The van der Waals surface area contributed by atoms with Gasteiger partial charge in [-0.05, 0) is 60.6 Å². The summed E-state index contributed by atoms with van der Waals surface area (Å²) >= 11 is 0. The summed E-state index contributed by atoms with van der Waals surface area (Å²) in [5.74, 6) is -0.199. The lowest BCUT2D eigenvalue weighted by Crippen LogP contribution is -2.43. The first kappa shape index (κ1) is 22.4. The predicted octanol–water partition coefficient (Wildman–Crippen LogP) is 3.66. The van der Waals surface area contributed by atoms with Crippen molar-refractivity contribution >= 4 is 15.9 Å². The van der Waals surface area contributed by atoms with E-state index in [1.807, 2.05) is 31.2 Å². The first-order valence-electron chi connectivity index (χ1n) is 10.4. The summed E-state index contributed by atoms with van der Waals surface area (Å²) in [6.07, 6.45) is 4.45. The number of pyridine rings is 1. The maximum absolute atomic E-state index is 13.0. The minimum atomic E-state index is -3.54. The first-order chi connectivity index (χ1) is 14.1. The highest BCUT2D eigenvalue weighted by Crippen LogP contribution is 2.27. The SMILES string of the molecule is CC(NC(=O)C1CCN(S(=O)(=O)c2ccc(C(C)(C)C)cc2)CC1)c1ccncc1. The summed E-state index contributed by atoms with van der Waals surface area (Å²) < 4.78 is 27.5. The van der Waals surface area contributed by atoms with Crippen LogP contribution in [-0.4, -0.2) is 36.7 Å². The highest BCUT2D eigenvalue weighted by molar-refractivity contribution is 7.89. The lowest BCUT2D eigenvalue weighted by atomic mass is 9.87. The van der Waals surface area contributed by atoms with Crippen molar-refractivity contribution in [2.24, 2.45) is 5.92 Å². The molecule has 1 amide bonds. The second kappa shape index (κ2) is 8.86. The fourth-order valence-electron chi connectivity index (χ4n) is 3.70. The van der Waals surface area contributed by atoms with Crippen molar-refractivity contribution in [2.75, 3.05) is 13.1 Å². The fourth-order valence-corrected chi connectivity index (χ4v) is 5.17. The molecule has 6 nitrogen and oxygen atoms in total. The molecule has 1 fully saturated rings. The molecule has 1 unspecified atom stereocenters. The third-order valence-electron chi connectivity index (χ3n) is 5.75. The Morgan fingerprint density at radius 3 is 2.17 bits per heavy atom. The van der Waals surface area contributed by atoms with Crippen LogP contribution in [0.2, 0.25) is 0 Å². The maximum Gasteiger partial charge on any atom is 0.243 e. The second-order valence-electron chi connectivity index (χ2n) is 8.96. The van der Waals surface area contributed by atoms with E-state index in [0.29, 0.717) is 30.8 Å². The normalized spacial score (nSPS) is 17.5. The minimum absolute atomic E-state index is 0.0223. The molecular formula is C23H31N3O3S. The molecule has 1 aliphatic rings. The molecule has 1 N–H and O–H groups in total. The highest BCUT2D eigenvalue weighted by Gasteiger charge is 2.32. The van der Waals surface area contributed by atoms with Gasteiger partial charge in [0.1, 0.15) is 0 Å². The monoisotopic (exact) mass is 429 g/mol. The van der Waals surface area contributed by atoms with E-state index in [-0.39, 0.29) is 23.3 Å². The number of hydrogen-bond donors (Lipinski definition) is 1. The molecule has 30 heavy (non-hydrogen) atoms. The molecule has 0 aliphatic carbocycles. The number of amides is 1. The average molecular weight is 430 g/mol. The van der Waals surface area contributed by atoms with Crippen molar-refractivity contribution in [3.8, 4) is 0 Å². The maximum atomic E-state index is 13.0. The van der Waals surface area contributed by atoms with Crippen LogP contribution >= 0.6 is 0 Å². The van der Waals surface area contributed by atoms with Crippen molar-refractivity contribution in [2.45, 2.75) is 56.9 Å². The number of piperidine rings is 1. The second-order valence-corrected chi connectivity index (χ2v) is 10.9. The van der Waals surface area contributed by atoms with Crippen molar-refractivity contribution in [1.82, 2.24) is 14.6 Å². The summed E-state index contributed by atoms with van der Waals surface area (Å²) in [6.45, 7) is 8.94. The Balaban J connectivity index is 1.59. The zero-order valence-electron chi connectivity index (χ0n) is 18.1. The Morgan fingerprint density at radius 1 is 1.07 bits per heavy atom. The van der Waals surface area contributed by atoms with Gasteiger partial charge in [-0.2, -0.15) is 4.31 Å². The van der Waals surface area contributed by atoms with Gasteiger partial charge in [0.2, 0.25) is 15.9 Å². The zero-order valence-corrected chi connectivity index (χ0v) is 18.9. The molecule has 3 rings (SSSR count). The molecule has 1 aromatic heterocycles. The molecule has 2 aromatic rings. The van der Waals surface area contributed by atoms with Crippen LogP contribution in [0.25, 0.3) is 0 Å². The Morgan fingerprint density at radius 2 is 1.63 bits per heavy atom. The summed E-state index contributed by atoms with van der Waals surface area (Å²) in [5.41, 5.74) is 2.07. The van der Waals surface area contributed by atoms with E-state index in [9.17, 15) is 13.2 Å². The molecular weight excluding hydrogens is 398 g/mol. The van der Waals surface area contributed by atoms with E-state index >= 15 is 0 Å². The molecule has 1 atom stereocenters. The molecule has 0 saturated carbocycles. The number of benzene rings is 1. The molecule has 1 aromatic carbocycles. The Bertz CT molecular complexity index is 959. The molecule has 7 heteroatoms. The summed E-state index contributed by atoms with van der Waals surface area (Å²) in [5, 5.41) is 3.04. The Hall–Kier alpha value is -2.25. The standard InChI is InChI=1S/C23H31N3O3S/c1-17(18-9-13-24-14-10-18)25-22(27)19-11-15-26(16-12-19)30(28,29)21-7-5-20(6-8-21)23(2,3)4/h5-10,13-14,17,19H,11-12,15-16H2,1-4H3,(H,25,27). The number of sulfonamides is 1. The molecule has 162 valence electrons. The number of carbonyl (C=O) groups is 1. The van der Waals surface area contributed by atoms with Crippen molar-refractivity contribution in [3.05, 3.63) is 59.9 Å². The summed E-state index contributed by atoms with van der Waals surface area (Å²) in [7, 11) is -3.54. The zero-order chi connectivity index (χ0) is 21.9. The first-order valence-corrected chi connectivity index (χ1v) is 11.8. The van der Waals surface area contributed by atoms with Gasteiger partial charge in [0.25, 0.3) is 0 Å². The largest absolute Gasteiger partial charge is 0.349 e. The van der Waals surface area contributed by atoms with Crippen LogP contribution in [0.5, 0.6) is 0 Å². The molecule has 1 aliphatic heterocycles. The third kappa shape index (κ3) is 5.08. The number of hydrogen-bond acceptors (Lipinski definition) is 4. The van der Waals surface area contributed by atoms with Crippen molar-refractivity contribution < 1.29 is 13.2 Å². The van der Waals surface area contributed by atoms with Gasteiger partial charge in [0.05, 0.1) is 10.9 Å². The number of carbonyl (C=O) groups excluding carboxylic acids is 1. The van der Waals surface area contributed by atoms with Crippen LogP contribution in [0, 0.1) is 5.92 Å². The van der Waals surface area contributed by atoms with Gasteiger partial charge in [-0.3, -0.25) is 9.78 Å². The van der Waals surface area contributed by atoms with Gasteiger partial charge in [-0.15, -0.1) is 0 Å². The van der Waals surface area contributed by atoms with Crippen LogP contribution in [-0.2, 0) is 20.2 Å². The van der Waals surface area contributed by atoms with E-state index in [0.717, 1.165) is 11.1 Å². The van der Waals surface area contributed by atoms with Crippen LogP contribution in [0.4, 0.5) is 0 Å². The van der Waals surface area contributed by atoms with Gasteiger partial charge >= 0.3 is 0 Å². The lowest BCUT2D eigenvalue weighted by Gasteiger charge is -2.31. The van der Waals surface area contributed by atoms with Crippen LogP contribution < -0.4 is 5.32 Å². The van der Waals surface area contributed by atoms with Gasteiger partial charge in [-0.1, -0.05) is 32.9 Å². The van der Waals surface area contributed by atoms with Crippen molar-refractivity contribution in [3.63, 3.8) is 0 Å². The molecule has 2 heterocycles. The highest BCUT2D eigenvalue weighted by atomic mass is 32.2. The van der Waals surface area contributed by atoms with E-state index in [1.165, 1.54) is 4.31 Å². The van der Waals surface area contributed by atoms with Crippen LogP contribution in [0.1, 0.15) is 57.7 Å². The quantitative estimate of drug-likeness (QED) is 0.787. The molecule has 0 spiro atoms.